The molecule has 3 rings (SSSR count). The van der Waals surface area contributed by atoms with E-state index in [2.05, 4.69) is 10.6 Å². The molecule has 0 spiro atoms. The van der Waals surface area contributed by atoms with Crippen LogP contribution in [-0.4, -0.2) is 38.7 Å². The van der Waals surface area contributed by atoms with Crippen molar-refractivity contribution in [2.24, 2.45) is 5.92 Å². The van der Waals surface area contributed by atoms with Crippen LogP contribution in [0.3, 0.4) is 0 Å². The molecule has 1 heterocycles. The van der Waals surface area contributed by atoms with Crippen LogP contribution in [-0.2, 0) is 16.0 Å². The SMILES string of the molecule is COCCNC(=O)C1COc2ccc(NC(=O)c3cccc(C)c3)cc2C1. The highest BCUT2D eigenvalue weighted by molar-refractivity contribution is 6.04. The Morgan fingerprint density at radius 1 is 1.22 bits per heavy atom. The summed E-state index contributed by atoms with van der Waals surface area (Å²) in [5.74, 6) is 0.290. The summed E-state index contributed by atoms with van der Waals surface area (Å²) in [5.41, 5.74) is 3.24. The Labute approximate surface area is 158 Å². The van der Waals surface area contributed by atoms with E-state index in [-0.39, 0.29) is 17.7 Å². The number of hydrogen-bond donors (Lipinski definition) is 2. The Hall–Kier alpha value is -2.86. The van der Waals surface area contributed by atoms with Crippen molar-refractivity contribution in [2.45, 2.75) is 13.3 Å². The fraction of sp³-hybridized carbons (Fsp3) is 0.333. The van der Waals surface area contributed by atoms with Crippen molar-refractivity contribution in [3.63, 3.8) is 0 Å². The molecule has 0 fully saturated rings. The first-order valence-electron chi connectivity index (χ1n) is 8.97. The highest BCUT2D eigenvalue weighted by atomic mass is 16.5. The number of hydrogen-bond acceptors (Lipinski definition) is 4. The van der Waals surface area contributed by atoms with Gasteiger partial charge in [0.25, 0.3) is 5.91 Å². The minimum absolute atomic E-state index is 0.0492. The van der Waals surface area contributed by atoms with Gasteiger partial charge >= 0.3 is 0 Å². The van der Waals surface area contributed by atoms with Gasteiger partial charge in [-0.3, -0.25) is 9.59 Å². The van der Waals surface area contributed by atoms with E-state index in [0.717, 1.165) is 16.9 Å². The van der Waals surface area contributed by atoms with Gasteiger partial charge < -0.3 is 20.1 Å². The van der Waals surface area contributed by atoms with Crippen molar-refractivity contribution in [3.8, 4) is 5.75 Å². The van der Waals surface area contributed by atoms with Crippen LogP contribution >= 0.6 is 0 Å². The molecular formula is C21H24N2O4. The number of fused-ring (bicyclic) bond motifs is 1. The van der Waals surface area contributed by atoms with Gasteiger partial charge in [-0.1, -0.05) is 17.7 Å². The molecule has 1 atom stereocenters. The number of anilines is 1. The average molecular weight is 368 g/mol. The van der Waals surface area contributed by atoms with Crippen molar-refractivity contribution in [2.75, 3.05) is 32.2 Å². The molecule has 2 amide bonds. The van der Waals surface area contributed by atoms with Crippen LogP contribution in [0.2, 0.25) is 0 Å². The third-order valence-electron chi connectivity index (χ3n) is 4.48. The summed E-state index contributed by atoms with van der Waals surface area (Å²) in [6.45, 7) is 3.25. The number of benzene rings is 2. The summed E-state index contributed by atoms with van der Waals surface area (Å²) < 4.78 is 10.7. The molecule has 1 aliphatic heterocycles. The number of rotatable bonds is 6. The highest BCUT2D eigenvalue weighted by Gasteiger charge is 2.26. The minimum atomic E-state index is -0.253. The predicted octanol–water partition coefficient (Wildman–Crippen LogP) is 2.56. The molecule has 2 aromatic rings. The Balaban J connectivity index is 1.66. The van der Waals surface area contributed by atoms with Gasteiger partial charge in [0.1, 0.15) is 12.4 Å². The number of methoxy groups -OCH3 is 1. The van der Waals surface area contributed by atoms with Gasteiger partial charge in [0.15, 0.2) is 0 Å². The largest absolute Gasteiger partial charge is 0.492 e. The number of amides is 2. The van der Waals surface area contributed by atoms with Crippen LogP contribution < -0.4 is 15.4 Å². The van der Waals surface area contributed by atoms with Crippen LogP contribution in [0.4, 0.5) is 5.69 Å². The van der Waals surface area contributed by atoms with Crippen molar-refractivity contribution in [1.82, 2.24) is 5.32 Å². The smallest absolute Gasteiger partial charge is 0.255 e. The summed E-state index contributed by atoms with van der Waals surface area (Å²) in [6.07, 6.45) is 0.572. The van der Waals surface area contributed by atoms with Crippen molar-refractivity contribution in [1.29, 1.82) is 0 Å². The quantitative estimate of drug-likeness (QED) is 0.769. The second-order valence-electron chi connectivity index (χ2n) is 6.64. The lowest BCUT2D eigenvalue weighted by molar-refractivity contribution is -0.126. The van der Waals surface area contributed by atoms with E-state index in [1.807, 2.05) is 43.3 Å². The summed E-state index contributed by atoms with van der Waals surface area (Å²) in [7, 11) is 1.60. The van der Waals surface area contributed by atoms with E-state index < -0.39 is 0 Å². The summed E-state index contributed by atoms with van der Waals surface area (Å²) in [4.78, 5) is 24.7. The number of carbonyl (C=O) groups is 2. The normalized spacial score (nSPS) is 15.4. The zero-order valence-corrected chi connectivity index (χ0v) is 15.6. The van der Waals surface area contributed by atoms with E-state index in [9.17, 15) is 9.59 Å². The molecule has 6 heteroatoms. The number of carbonyl (C=O) groups excluding carboxylic acids is 2. The van der Waals surface area contributed by atoms with E-state index in [1.54, 1.807) is 13.2 Å². The average Bonchev–Trinajstić information content (AvgIpc) is 2.67. The topological polar surface area (TPSA) is 76.7 Å². The van der Waals surface area contributed by atoms with Gasteiger partial charge in [0.05, 0.1) is 12.5 Å². The van der Waals surface area contributed by atoms with Crippen LogP contribution in [0.1, 0.15) is 21.5 Å². The molecule has 0 saturated carbocycles. The first-order valence-corrected chi connectivity index (χ1v) is 8.97. The van der Waals surface area contributed by atoms with Crippen LogP contribution in [0, 0.1) is 12.8 Å². The lowest BCUT2D eigenvalue weighted by Gasteiger charge is -2.25. The van der Waals surface area contributed by atoms with Crippen LogP contribution in [0.15, 0.2) is 42.5 Å². The molecule has 0 aliphatic carbocycles. The van der Waals surface area contributed by atoms with Crippen molar-refractivity contribution < 1.29 is 19.1 Å². The third-order valence-corrected chi connectivity index (χ3v) is 4.48. The summed E-state index contributed by atoms with van der Waals surface area (Å²) >= 11 is 0. The van der Waals surface area contributed by atoms with Gasteiger partial charge in [0.2, 0.25) is 5.91 Å². The van der Waals surface area contributed by atoms with E-state index in [0.29, 0.717) is 37.4 Å². The zero-order valence-electron chi connectivity index (χ0n) is 15.6. The Kier molecular flexibility index (Phi) is 6.08. The molecule has 1 unspecified atom stereocenters. The summed E-state index contributed by atoms with van der Waals surface area (Å²) in [5, 5.41) is 5.75. The van der Waals surface area contributed by atoms with Gasteiger partial charge in [0, 0.05) is 24.9 Å². The molecule has 27 heavy (non-hydrogen) atoms. The fourth-order valence-corrected chi connectivity index (χ4v) is 3.05. The number of ether oxygens (including phenoxy) is 2. The predicted molar refractivity (Wildman–Crippen MR) is 103 cm³/mol. The molecule has 1 aliphatic rings. The maximum atomic E-state index is 12.4. The first-order chi connectivity index (χ1) is 13.1. The lowest BCUT2D eigenvalue weighted by atomic mass is 9.95. The first kappa shape index (κ1) is 18.9. The highest BCUT2D eigenvalue weighted by Crippen LogP contribution is 2.30. The van der Waals surface area contributed by atoms with Crippen molar-refractivity contribution in [3.05, 3.63) is 59.2 Å². The van der Waals surface area contributed by atoms with E-state index in [4.69, 9.17) is 9.47 Å². The minimum Gasteiger partial charge on any atom is -0.492 e. The van der Waals surface area contributed by atoms with Crippen LogP contribution in [0.25, 0.3) is 0 Å². The Morgan fingerprint density at radius 3 is 2.85 bits per heavy atom. The molecule has 0 radical (unpaired) electrons. The lowest BCUT2D eigenvalue weighted by Crippen LogP contribution is -2.38. The Morgan fingerprint density at radius 2 is 2.07 bits per heavy atom. The zero-order chi connectivity index (χ0) is 19.2. The van der Waals surface area contributed by atoms with Crippen molar-refractivity contribution >= 4 is 17.5 Å². The molecular weight excluding hydrogens is 344 g/mol. The standard InChI is InChI=1S/C21H24N2O4/c1-14-4-3-5-15(10-14)21(25)23-18-6-7-19-16(12-18)11-17(13-27-19)20(24)22-8-9-26-2/h3-7,10,12,17H,8-9,11,13H2,1-2H3,(H,22,24)(H,23,25). The molecule has 0 saturated heterocycles. The number of nitrogens with one attached hydrogen (secondary N) is 2. The maximum absolute atomic E-state index is 12.4. The van der Waals surface area contributed by atoms with Crippen LogP contribution in [0.5, 0.6) is 5.75 Å². The van der Waals surface area contributed by atoms with E-state index >= 15 is 0 Å². The monoisotopic (exact) mass is 368 g/mol. The van der Waals surface area contributed by atoms with Gasteiger partial charge in [-0.25, -0.2) is 0 Å². The number of aryl methyl sites for hydroxylation is 1. The molecule has 0 bridgehead atoms. The summed E-state index contributed by atoms with van der Waals surface area (Å²) in [6, 6.07) is 13.0. The molecule has 142 valence electrons. The second kappa shape index (κ2) is 8.68. The van der Waals surface area contributed by atoms with Gasteiger partial charge in [-0.05, 0) is 49.2 Å². The fourth-order valence-electron chi connectivity index (χ4n) is 3.05. The maximum Gasteiger partial charge on any atom is 0.255 e. The van der Waals surface area contributed by atoms with Gasteiger partial charge in [-0.2, -0.15) is 0 Å². The third kappa shape index (κ3) is 4.86. The second-order valence-corrected chi connectivity index (χ2v) is 6.64. The Bertz CT molecular complexity index is 835. The molecule has 2 aromatic carbocycles. The molecule has 0 aromatic heterocycles. The van der Waals surface area contributed by atoms with Gasteiger partial charge in [-0.15, -0.1) is 0 Å². The molecule has 6 nitrogen and oxygen atoms in total. The molecule has 2 N–H and O–H groups in total. The van der Waals surface area contributed by atoms with E-state index in [1.165, 1.54) is 0 Å².